The fourth-order valence-corrected chi connectivity index (χ4v) is 2.22. The van der Waals surface area contributed by atoms with Gasteiger partial charge in [0.05, 0.1) is 0 Å². The van der Waals surface area contributed by atoms with Crippen LogP contribution in [0.2, 0.25) is 0 Å². The zero-order valence-corrected chi connectivity index (χ0v) is 9.18. The average Bonchev–Trinajstić information content (AvgIpc) is 2.74. The molecule has 0 amide bonds. The summed E-state index contributed by atoms with van der Waals surface area (Å²) >= 11 is 0. The van der Waals surface area contributed by atoms with E-state index in [0.717, 1.165) is 25.0 Å². The van der Waals surface area contributed by atoms with Crippen LogP contribution < -0.4 is 0 Å². The monoisotopic (exact) mass is 189 g/mol. The molecule has 0 N–H and O–H groups in total. The highest BCUT2D eigenvalue weighted by molar-refractivity contribution is 5.60. The predicted molar refractivity (Wildman–Crippen MR) is 58.4 cm³/mol. The SMILES string of the molecule is CC[C]1OC2=CC=C(CC)C2=C1CC. The van der Waals surface area contributed by atoms with E-state index in [1.54, 1.807) is 0 Å². The third-order valence-corrected chi connectivity index (χ3v) is 2.93. The third kappa shape index (κ3) is 1.23. The zero-order chi connectivity index (χ0) is 10.1. The van der Waals surface area contributed by atoms with Gasteiger partial charge in [-0.1, -0.05) is 26.8 Å². The minimum Gasteiger partial charge on any atom is -0.478 e. The van der Waals surface area contributed by atoms with Crippen molar-refractivity contribution in [3.8, 4) is 0 Å². The van der Waals surface area contributed by atoms with Gasteiger partial charge in [-0.25, -0.2) is 0 Å². The van der Waals surface area contributed by atoms with E-state index in [-0.39, 0.29) is 0 Å². The smallest absolute Gasteiger partial charge is 0.174 e. The Morgan fingerprint density at radius 1 is 1.00 bits per heavy atom. The average molecular weight is 189 g/mol. The van der Waals surface area contributed by atoms with Gasteiger partial charge in [0.25, 0.3) is 0 Å². The van der Waals surface area contributed by atoms with Crippen molar-refractivity contribution in [3.05, 3.63) is 40.7 Å². The van der Waals surface area contributed by atoms with Crippen molar-refractivity contribution < 1.29 is 4.74 Å². The van der Waals surface area contributed by atoms with Crippen molar-refractivity contribution in [1.29, 1.82) is 0 Å². The summed E-state index contributed by atoms with van der Waals surface area (Å²) in [6.45, 7) is 6.56. The van der Waals surface area contributed by atoms with Crippen LogP contribution in [0.15, 0.2) is 34.6 Å². The largest absolute Gasteiger partial charge is 0.478 e. The Bertz CT molecular complexity index is 331. The summed E-state index contributed by atoms with van der Waals surface area (Å²) in [7, 11) is 0. The van der Waals surface area contributed by atoms with Crippen LogP contribution in [0.1, 0.15) is 40.0 Å². The van der Waals surface area contributed by atoms with Gasteiger partial charge in [-0.15, -0.1) is 0 Å². The van der Waals surface area contributed by atoms with Gasteiger partial charge in [0.15, 0.2) is 6.10 Å². The van der Waals surface area contributed by atoms with Gasteiger partial charge in [0.1, 0.15) is 5.76 Å². The molecule has 1 aliphatic heterocycles. The maximum absolute atomic E-state index is 5.82. The molecule has 1 heterocycles. The minimum absolute atomic E-state index is 1.00. The molecule has 1 aliphatic carbocycles. The molecule has 0 aromatic rings. The maximum atomic E-state index is 5.82. The summed E-state index contributed by atoms with van der Waals surface area (Å²) < 4.78 is 5.82. The molecule has 1 radical (unpaired) electrons. The first kappa shape index (κ1) is 9.57. The Labute approximate surface area is 86.2 Å². The van der Waals surface area contributed by atoms with E-state index in [2.05, 4.69) is 32.9 Å². The lowest BCUT2D eigenvalue weighted by atomic mass is 9.96. The van der Waals surface area contributed by atoms with Gasteiger partial charge in [-0.05, 0) is 36.5 Å². The van der Waals surface area contributed by atoms with Crippen LogP contribution in [0.3, 0.4) is 0 Å². The fourth-order valence-electron chi connectivity index (χ4n) is 2.22. The van der Waals surface area contributed by atoms with Crippen LogP contribution in [-0.4, -0.2) is 0 Å². The first-order chi connectivity index (χ1) is 6.81. The molecule has 0 unspecified atom stereocenters. The summed E-state index contributed by atoms with van der Waals surface area (Å²) in [5, 5.41) is 0. The Kier molecular flexibility index (Phi) is 2.49. The Morgan fingerprint density at radius 2 is 1.79 bits per heavy atom. The molecular weight excluding hydrogens is 172 g/mol. The topological polar surface area (TPSA) is 9.23 Å². The highest BCUT2D eigenvalue weighted by Gasteiger charge is 2.32. The number of fused-ring (bicyclic) bond motifs is 1. The molecule has 0 saturated heterocycles. The van der Waals surface area contributed by atoms with Gasteiger partial charge >= 0.3 is 0 Å². The maximum Gasteiger partial charge on any atom is 0.174 e. The highest BCUT2D eigenvalue weighted by Crippen LogP contribution is 2.45. The van der Waals surface area contributed by atoms with Gasteiger partial charge in [-0.2, -0.15) is 0 Å². The molecule has 1 heteroatoms. The Balaban J connectivity index is 2.39. The van der Waals surface area contributed by atoms with Crippen LogP contribution in [0, 0.1) is 6.10 Å². The van der Waals surface area contributed by atoms with Crippen molar-refractivity contribution in [3.63, 3.8) is 0 Å². The lowest BCUT2D eigenvalue weighted by Crippen LogP contribution is -1.97. The van der Waals surface area contributed by atoms with Crippen LogP contribution in [-0.2, 0) is 4.74 Å². The summed E-state index contributed by atoms with van der Waals surface area (Å²) in [5.41, 5.74) is 4.23. The first-order valence-corrected chi connectivity index (χ1v) is 5.50. The van der Waals surface area contributed by atoms with Crippen molar-refractivity contribution in [2.24, 2.45) is 0 Å². The summed E-state index contributed by atoms with van der Waals surface area (Å²) in [4.78, 5) is 0. The molecule has 1 nitrogen and oxygen atoms in total. The summed E-state index contributed by atoms with van der Waals surface area (Å²) in [6, 6.07) is 0. The molecule has 0 atom stereocenters. The van der Waals surface area contributed by atoms with Crippen LogP contribution in [0.5, 0.6) is 0 Å². The predicted octanol–water partition coefficient (Wildman–Crippen LogP) is 3.90. The fraction of sp³-hybridized carbons (Fsp3) is 0.462. The molecule has 0 aromatic carbocycles. The number of hydrogen-bond donors (Lipinski definition) is 0. The number of ether oxygens (including phenoxy) is 1. The second-order valence-corrected chi connectivity index (χ2v) is 3.66. The van der Waals surface area contributed by atoms with Gasteiger partial charge in [-0.3, -0.25) is 0 Å². The molecular formula is C13H17O. The van der Waals surface area contributed by atoms with Crippen LogP contribution in [0.4, 0.5) is 0 Å². The second-order valence-electron chi connectivity index (χ2n) is 3.66. The van der Waals surface area contributed by atoms with Crippen LogP contribution >= 0.6 is 0 Å². The van der Waals surface area contributed by atoms with E-state index in [4.69, 9.17) is 4.74 Å². The number of hydrogen-bond acceptors (Lipinski definition) is 1. The number of allylic oxidation sites excluding steroid dienone is 3. The van der Waals surface area contributed by atoms with E-state index in [1.165, 1.54) is 22.8 Å². The third-order valence-electron chi connectivity index (χ3n) is 2.93. The second kappa shape index (κ2) is 3.64. The highest BCUT2D eigenvalue weighted by atomic mass is 16.5. The molecule has 75 valence electrons. The van der Waals surface area contributed by atoms with Gasteiger partial charge in [0.2, 0.25) is 0 Å². The summed E-state index contributed by atoms with van der Waals surface area (Å²) in [6.07, 6.45) is 8.64. The van der Waals surface area contributed by atoms with Crippen molar-refractivity contribution in [1.82, 2.24) is 0 Å². The number of rotatable bonds is 3. The van der Waals surface area contributed by atoms with Gasteiger partial charge < -0.3 is 4.74 Å². The van der Waals surface area contributed by atoms with Crippen molar-refractivity contribution >= 4 is 0 Å². The zero-order valence-electron chi connectivity index (χ0n) is 9.18. The quantitative estimate of drug-likeness (QED) is 0.654. The minimum atomic E-state index is 1.00. The summed E-state index contributed by atoms with van der Waals surface area (Å²) in [5.74, 6) is 1.08. The molecule has 2 rings (SSSR count). The van der Waals surface area contributed by atoms with E-state index in [1.807, 2.05) is 0 Å². The lowest BCUT2D eigenvalue weighted by molar-refractivity contribution is 0.260. The van der Waals surface area contributed by atoms with E-state index in [9.17, 15) is 0 Å². The molecule has 0 saturated carbocycles. The standard InChI is InChI=1S/C13H17O/c1-4-9-7-8-12-13(9)10(5-2)11(6-3)14-12/h7-8H,4-6H2,1-3H3. The molecule has 0 spiro atoms. The van der Waals surface area contributed by atoms with Gasteiger partial charge in [0, 0.05) is 5.57 Å². The van der Waals surface area contributed by atoms with Crippen molar-refractivity contribution in [2.75, 3.05) is 0 Å². The van der Waals surface area contributed by atoms with Crippen LogP contribution in [0.25, 0.3) is 0 Å². The molecule has 2 aliphatic rings. The lowest BCUT2D eigenvalue weighted by Gasteiger charge is -2.09. The molecule has 0 bridgehead atoms. The Hall–Kier alpha value is -0.980. The van der Waals surface area contributed by atoms with E-state index in [0.29, 0.717) is 0 Å². The Morgan fingerprint density at radius 3 is 2.36 bits per heavy atom. The van der Waals surface area contributed by atoms with E-state index >= 15 is 0 Å². The first-order valence-electron chi connectivity index (χ1n) is 5.50. The molecule has 0 aromatic heterocycles. The van der Waals surface area contributed by atoms with E-state index < -0.39 is 0 Å². The molecule has 0 fully saturated rings. The molecule has 14 heavy (non-hydrogen) atoms. The van der Waals surface area contributed by atoms with Crippen molar-refractivity contribution in [2.45, 2.75) is 40.0 Å². The normalized spacial score (nSPS) is 20.8.